The van der Waals surface area contributed by atoms with Crippen LogP contribution in [0.2, 0.25) is 0 Å². The molecule has 2 aromatic rings. The Hall–Kier alpha value is -2.26. The summed E-state index contributed by atoms with van der Waals surface area (Å²) in [6, 6.07) is 9.37. The molecule has 21 heavy (non-hydrogen) atoms. The van der Waals surface area contributed by atoms with Crippen molar-refractivity contribution in [3.05, 3.63) is 46.2 Å². The number of methoxy groups -OCH3 is 2. The first-order valence-electron chi connectivity index (χ1n) is 6.19. The molecule has 6 heteroatoms. The van der Waals surface area contributed by atoms with Gasteiger partial charge in [-0.15, -0.1) is 0 Å². The number of rotatable bonds is 5. The number of hydrogen-bond acceptors (Lipinski definition) is 5. The summed E-state index contributed by atoms with van der Waals surface area (Å²) in [5, 5.41) is 12.3. The Kier molecular flexibility index (Phi) is 5.01. The summed E-state index contributed by atoms with van der Waals surface area (Å²) in [6.07, 6.45) is 1.66. The molecule has 0 unspecified atom stereocenters. The number of nitriles is 1. The van der Waals surface area contributed by atoms with Crippen LogP contribution in [0.5, 0.6) is 11.5 Å². The number of ether oxygens (including phenoxy) is 2. The number of nitrogens with one attached hydrogen (secondary N) is 1. The van der Waals surface area contributed by atoms with E-state index in [1.807, 2.05) is 12.1 Å². The van der Waals surface area contributed by atoms with Gasteiger partial charge in [0, 0.05) is 16.7 Å². The zero-order valence-corrected chi connectivity index (χ0v) is 13.3. The van der Waals surface area contributed by atoms with Crippen molar-refractivity contribution in [3.8, 4) is 17.6 Å². The minimum absolute atomic E-state index is 0.427. The van der Waals surface area contributed by atoms with Crippen LogP contribution in [0.25, 0.3) is 0 Å². The Morgan fingerprint density at radius 1 is 1.29 bits per heavy atom. The number of benzene rings is 1. The van der Waals surface area contributed by atoms with Crippen molar-refractivity contribution in [2.24, 2.45) is 0 Å². The van der Waals surface area contributed by atoms with E-state index in [0.717, 1.165) is 10.2 Å². The first-order chi connectivity index (χ1) is 10.2. The average molecular weight is 348 g/mol. The van der Waals surface area contributed by atoms with Gasteiger partial charge in [-0.3, -0.25) is 4.98 Å². The molecule has 1 aromatic carbocycles. The Bertz CT molecular complexity index is 683. The van der Waals surface area contributed by atoms with Crippen molar-refractivity contribution in [1.29, 1.82) is 5.26 Å². The molecule has 0 fully saturated rings. The highest BCUT2D eigenvalue weighted by molar-refractivity contribution is 9.10. The van der Waals surface area contributed by atoms with Crippen LogP contribution in [0.4, 0.5) is 5.69 Å². The van der Waals surface area contributed by atoms with Gasteiger partial charge < -0.3 is 14.8 Å². The summed E-state index contributed by atoms with van der Waals surface area (Å²) in [5.41, 5.74) is 2.02. The maximum Gasteiger partial charge on any atom is 0.184 e. The van der Waals surface area contributed by atoms with Crippen LogP contribution in [-0.4, -0.2) is 19.2 Å². The molecule has 108 valence electrons. The van der Waals surface area contributed by atoms with Crippen molar-refractivity contribution in [1.82, 2.24) is 4.98 Å². The molecular formula is C15H14BrN3O2. The zero-order valence-electron chi connectivity index (χ0n) is 11.7. The van der Waals surface area contributed by atoms with Gasteiger partial charge in [0.15, 0.2) is 11.5 Å². The minimum atomic E-state index is 0.427. The Morgan fingerprint density at radius 2 is 2.10 bits per heavy atom. The van der Waals surface area contributed by atoms with Crippen LogP contribution in [0.15, 0.2) is 34.9 Å². The summed E-state index contributed by atoms with van der Waals surface area (Å²) >= 11 is 3.35. The highest BCUT2D eigenvalue weighted by Crippen LogP contribution is 2.30. The molecule has 0 radical (unpaired) electrons. The third-order valence-corrected chi connectivity index (χ3v) is 3.41. The quantitative estimate of drug-likeness (QED) is 0.898. The molecule has 0 bridgehead atoms. The van der Waals surface area contributed by atoms with Crippen molar-refractivity contribution in [3.63, 3.8) is 0 Å². The zero-order chi connectivity index (χ0) is 15.2. The smallest absolute Gasteiger partial charge is 0.184 e. The van der Waals surface area contributed by atoms with E-state index in [2.05, 4.69) is 32.3 Å². The lowest BCUT2D eigenvalue weighted by molar-refractivity contribution is 0.350. The molecule has 0 aliphatic heterocycles. The largest absolute Gasteiger partial charge is 0.493 e. The van der Waals surface area contributed by atoms with E-state index >= 15 is 0 Å². The molecule has 1 heterocycles. The molecule has 0 saturated carbocycles. The molecule has 0 amide bonds. The van der Waals surface area contributed by atoms with E-state index in [1.54, 1.807) is 32.5 Å². The maximum atomic E-state index is 9.15. The molecule has 5 nitrogen and oxygen atoms in total. The lowest BCUT2D eigenvalue weighted by atomic mass is 10.2. The van der Waals surface area contributed by atoms with E-state index in [1.165, 1.54) is 0 Å². The first kappa shape index (κ1) is 15.1. The van der Waals surface area contributed by atoms with Crippen molar-refractivity contribution >= 4 is 21.6 Å². The van der Waals surface area contributed by atoms with E-state index < -0.39 is 0 Å². The van der Waals surface area contributed by atoms with Gasteiger partial charge in [-0.1, -0.05) is 15.9 Å². The second kappa shape index (κ2) is 6.95. The Labute approximate surface area is 131 Å². The Balaban J connectivity index is 2.23. The van der Waals surface area contributed by atoms with Crippen molar-refractivity contribution < 1.29 is 9.47 Å². The van der Waals surface area contributed by atoms with Crippen LogP contribution in [0, 0.1) is 11.3 Å². The average Bonchev–Trinajstić information content (AvgIpc) is 2.52. The summed E-state index contributed by atoms with van der Waals surface area (Å²) in [5.74, 6) is 1.21. The standard InChI is InChI=1S/C15H14BrN3O2/c1-20-14-5-6-18-13(15(14)21-2)9-19-12-4-3-11(16)7-10(12)8-17/h3-7,19H,9H2,1-2H3. The first-order valence-corrected chi connectivity index (χ1v) is 6.98. The molecule has 0 aliphatic rings. The second-order valence-corrected chi connectivity index (χ2v) is 5.06. The summed E-state index contributed by atoms with van der Waals surface area (Å²) in [7, 11) is 3.15. The van der Waals surface area contributed by atoms with E-state index in [0.29, 0.717) is 29.3 Å². The molecule has 2 rings (SSSR count). The molecule has 0 saturated heterocycles. The topological polar surface area (TPSA) is 67.2 Å². The van der Waals surface area contributed by atoms with E-state index in [4.69, 9.17) is 14.7 Å². The van der Waals surface area contributed by atoms with E-state index in [-0.39, 0.29) is 0 Å². The highest BCUT2D eigenvalue weighted by Gasteiger charge is 2.11. The molecule has 0 aliphatic carbocycles. The van der Waals surface area contributed by atoms with Gasteiger partial charge >= 0.3 is 0 Å². The molecule has 1 aromatic heterocycles. The molecule has 1 N–H and O–H groups in total. The van der Waals surface area contributed by atoms with Gasteiger partial charge in [0.25, 0.3) is 0 Å². The molecule has 0 spiro atoms. The fourth-order valence-electron chi connectivity index (χ4n) is 1.92. The summed E-state index contributed by atoms with van der Waals surface area (Å²) in [6.45, 7) is 0.427. The van der Waals surface area contributed by atoms with Crippen LogP contribution in [0.3, 0.4) is 0 Å². The summed E-state index contributed by atoms with van der Waals surface area (Å²) in [4.78, 5) is 4.29. The van der Waals surface area contributed by atoms with Crippen molar-refractivity contribution in [2.45, 2.75) is 6.54 Å². The molecular weight excluding hydrogens is 334 g/mol. The van der Waals surface area contributed by atoms with Crippen LogP contribution < -0.4 is 14.8 Å². The Morgan fingerprint density at radius 3 is 2.76 bits per heavy atom. The number of halogens is 1. The predicted molar refractivity (Wildman–Crippen MR) is 83.5 cm³/mol. The van der Waals surface area contributed by atoms with E-state index in [9.17, 15) is 0 Å². The predicted octanol–water partition coefficient (Wildman–Crippen LogP) is 3.35. The third-order valence-electron chi connectivity index (χ3n) is 2.91. The van der Waals surface area contributed by atoms with Crippen molar-refractivity contribution in [2.75, 3.05) is 19.5 Å². The van der Waals surface area contributed by atoms with Crippen LogP contribution in [0.1, 0.15) is 11.3 Å². The number of anilines is 1. The van der Waals surface area contributed by atoms with Gasteiger partial charge in [0.05, 0.1) is 32.0 Å². The number of aromatic nitrogens is 1. The minimum Gasteiger partial charge on any atom is -0.493 e. The number of nitrogens with zero attached hydrogens (tertiary/aromatic N) is 2. The van der Waals surface area contributed by atoms with Gasteiger partial charge in [0.2, 0.25) is 0 Å². The molecule has 0 atom stereocenters. The highest BCUT2D eigenvalue weighted by atomic mass is 79.9. The lowest BCUT2D eigenvalue weighted by Gasteiger charge is -2.13. The fourth-order valence-corrected chi connectivity index (χ4v) is 2.28. The summed E-state index contributed by atoms with van der Waals surface area (Å²) < 4.78 is 11.4. The lowest BCUT2D eigenvalue weighted by Crippen LogP contribution is -2.06. The van der Waals surface area contributed by atoms with Crippen LogP contribution >= 0.6 is 15.9 Å². The number of hydrogen-bond donors (Lipinski definition) is 1. The number of pyridine rings is 1. The normalized spacial score (nSPS) is 9.81. The van der Waals surface area contributed by atoms with Gasteiger partial charge in [0.1, 0.15) is 11.8 Å². The monoisotopic (exact) mass is 347 g/mol. The fraction of sp³-hybridized carbons (Fsp3) is 0.200. The van der Waals surface area contributed by atoms with Gasteiger partial charge in [-0.2, -0.15) is 5.26 Å². The SMILES string of the molecule is COc1ccnc(CNc2ccc(Br)cc2C#N)c1OC. The second-order valence-electron chi connectivity index (χ2n) is 4.15. The maximum absolute atomic E-state index is 9.15. The third kappa shape index (κ3) is 3.44. The van der Waals surface area contributed by atoms with Gasteiger partial charge in [-0.25, -0.2) is 0 Å². The van der Waals surface area contributed by atoms with Gasteiger partial charge in [-0.05, 0) is 18.2 Å². The van der Waals surface area contributed by atoms with Crippen LogP contribution in [-0.2, 0) is 6.54 Å².